The number of carbonyl (C=O) groups is 1. The zero-order chi connectivity index (χ0) is 15.9. The molecule has 4 heteroatoms. The Morgan fingerprint density at radius 3 is 2.14 bits per heavy atom. The van der Waals surface area contributed by atoms with Crippen LogP contribution in [-0.4, -0.2) is 20.1 Å². The number of hydrogen-bond acceptors (Lipinski definition) is 3. The summed E-state index contributed by atoms with van der Waals surface area (Å²) < 4.78 is 10.4. The van der Waals surface area contributed by atoms with Crippen molar-refractivity contribution < 1.29 is 14.3 Å². The second-order valence-electron chi connectivity index (χ2n) is 4.95. The van der Waals surface area contributed by atoms with Crippen molar-refractivity contribution in [2.45, 2.75) is 19.4 Å². The fourth-order valence-electron chi connectivity index (χ4n) is 2.29. The van der Waals surface area contributed by atoms with Gasteiger partial charge in [0.15, 0.2) is 0 Å². The van der Waals surface area contributed by atoms with Gasteiger partial charge in [-0.3, -0.25) is 4.79 Å². The Labute approximate surface area is 131 Å². The van der Waals surface area contributed by atoms with Crippen LogP contribution in [0.3, 0.4) is 0 Å². The predicted octanol–water partition coefficient (Wildman–Crippen LogP) is 3.58. The molecule has 22 heavy (non-hydrogen) atoms. The van der Waals surface area contributed by atoms with Crippen LogP contribution in [0, 0.1) is 0 Å². The summed E-state index contributed by atoms with van der Waals surface area (Å²) >= 11 is 0. The van der Waals surface area contributed by atoms with Gasteiger partial charge in [0.05, 0.1) is 20.3 Å². The van der Waals surface area contributed by atoms with Crippen molar-refractivity contribution in [3.63, 3.8) is 0 Å². The van der Waals surface area contributed by atoms with Gasteiger partial charge in [-0.15, -0.1) is 0 Å². The maximum Gasteiger partial charge on any atom is 0.252 e. The van der Waals surface area contributed by atoms with E-state index >= 15 is 0 Å². The molecular weight excluding hydrogens is 278 g/mol. The van der Waals surface area contributed by atoms with E-state index in [4.69, 9.17) is 9.47 Å². The van der Waals surface area contributed by atoms with Crippen LogP contribution in [0.4, 0.5) is 0 Å². The van der Waals surface area contributed by atoms with Crippen molar-refractivity contribution in [1.29, 1.82) is 0 Å². The minimum absolute atomic E-state index is 0.0223. The molecular formula is C18H21NO3. The monoisotopic (exact) mass is 299 g/mol. The Kier molecular flexibility index (Phi) is 5.42. The van der Waals surface area contributed by atoms with Gasteiger partial charge in [0.1, 0.15) is 11.5 Å². The largest absolute Gasteiger partial charge is 0.497 e. The van der Waals surface area contributed by atoms with Crippen LogP contribution in [0.5, 0.6) is 11.5 Å². The first-order valence-corrected chi connectivity index (χ1v) is 7.26. The van der Waals surface area contributed by atoms with Crippen LogP contribution < -0.4 is 14.8 Å². The van der Waals surface area contributed by atoms with E-state index in [2.05, 4.69) is 5.32 Å². The Morgan fingerprint density at radius 1 is 1.05 bits per heavy atom. The molecule has 0 aliphatic carbocycles. The van der Waals surface area contributed by atoms with E-state index in [1.807, 2.05) is 37.3 Å². The molecule has 1 N–H and O–H groups in total. The molecule has 2 rings (SSSR count). The van der Waals surface area contributed by atoms with Crippen LogP contribution in [0.1, 0.15) is 35.3 Å². The predicted molar refractivity (Wildman–Crippen MR) is 86.5 cm³/mol. The van der Waals surface area contributed by atoms with E-state index in [1.54, 1.807) is 32.4 Å². The highest BCUT2D eigenvalue weighted by atomic mass is 16.5. The third-order valence-electron chi connectivity index (χ3n) is 3.53. The average molecular weight is 299 g/mol. The minimum Gasteiger partial charge on any atom is -0.497 e. The Morgan fingerprint density at radius 2 is 1.64 bits per heavy atom. The number of hydrogen-bond donors (Lipinski definition) is 1. The summed E-state index contributed by atoms with van der Waals surface area (Å²) in [6, 6.07) is 15.1. The highest BCUT2D eigenvalue weighted by Crippen LogP contribution is 2.23. The summed E-state index contributed by atoms with van der Waals surface area (Å²) in [5, 5.41) is 3.05. The van der Waals surface area contributed by atoms with Gasteiger partial charge < -0.3 is 14.8 Å². The maximum absolute atomic E-state index is 12.5. The molecule has 0 spiro atoms. The van der Waals surface area contributed by atoms with Crippen molar-refractivity contribution in [2.24, 2.45) is 0 Å². The van der Waals surface area contributed by atoms with Crippen LogP contribution in [0.2, 0.25) is 0 Å². The third kappa shape index (κ3) is 3.79. The zero-order valence-electron chi connectivity index (χ0n) is 13.1. The number of amides is 1. The van der Waals surface area contributed by atoms with E-state index in [0.717, 1.165) is 12.0 Å². The first kappa shape index (κ1) is 15.9. The lowest BCUT2D eigenvalue weighted by Crippen LogP contribution is -2.28. The van der Waals surface area contributed by atoms with E-state index < -0.39 is 0 Å². The molecule has 2 aromatic rings. The van der Waals surface area contributed by atoms with Gasteiger partial charge in [-0.2, -0.15) is 0 Å². The normalized spacial score (nSPS) is 11.6. The standard InChI is InChI=1S/C18H21NO3/c1-4-17(13-8-6-5-7-9-13)19-18(20)14-10-15(21-2)12-16(11-14)22-3/h5-12,17H,4H2,1-3H3,(H,19,20). The molecule has 0 radical (unpaired) electrons. The highest BCUT2D eigenvalue weighted by molar-refractivity contribution is 5.95. The quantitative estimate of drug-likeness (QED) is 0.887. The van der Waals surface area contributed by atoms with E-state index in [9.17, 15) is 4.79 Å². The fraction of sp³-hybridized carbons (Fsp3) is 0.278. The van der Waals surface area contributed by atoms with Gasteiger partial charge in [0, 0.05) is 11.6 Å². The molecule has 116 valence electrons. The summed E-state index contributed by atoms with van der Waals surface area (Å²) in [6.45, 7) is 2.05. The fourth-order valence-corrected chi connectivity index (χ4v) is 2.29. The molecule has 0 saturated carbocycles. The minimum atomic E-state index is -0.145. The Balaban J connectivity index is 2.20. The van der Waals surface area contributed by atoms with Gasteiger partial charge in [-0.05, 0) is 24.1 Å². The lowest BCUT2D eigenvalue weighted by atomic mass is 10.0. The van der Waals surface area contributed by atoms with Crippen molar-refractivity contribution in [1.82, 2.24) is 5.32 Å². The summed E-state index contributed by atoms with van der Waals surface area (Å²) in [5.74, 6) is 1.04. The van der Waals surface area contributed by atoms with Gasteiger partial charge in [-0.25, -0.2) is 0 Å². The molecule has 0 aliphatic heterocycles. The second kappa shape index (κ2) is 7.50. The molecule has 0 bridgehead atoms. The molecule has 0 saturated heterocycles. The number of ether oxygens (including phenoxy) is 2. The summed E-state index contributed by atoms with van der Waals surface area (Å²) in [7, 11) is 3.13. The number of nitrogens with one attached hydrogen (secondary N) is 1. The molecule has 0 heterocycles. The maximum atomic E-state index is 12.5. The molecule has 4 nitrogen and oxygen atoms in total. The summed E-state index contributed by atoms with van der Waals surface area (Å²) in [5.41, 5.74) is 1.61. The lowest BCUT2D eigenvalue weighted by molar-refractivity contribution is 0.0935. The first-order valence-electron chi connectivity index (χ1n) is 7.26. The number of rotatable bonds is 6. The topological polar surface area (TPSA) is 47.6 Å². The third-order valence-corrected chi connectivity index (χ3v) is 3.53. The van der Waals surface area contributed by atoms with Crippen LogP contribution >= 0.6 is 0 Å². The summed E-state index contributed by atoms with van der Waals surface area (Å²) in [6.07, 6.45) is 0.816. The molecule has 1 atom stereocenters. The van der Waals surface area contributed by atoms with E-state index in [0.29, 0.717) is 17.1 Å². The summed E-state index contributed by atoms with van der Waals surface area (Å²) in [4.78, 5) is 12.5. The SMILES string of the molecule is CCC(NC(=O)c1cc(OC)cc(OC)c1)c1ccccc1. The number of benzene rings is 2. The Hall–Kier alpha value is -2.49. The first-order chi connectivity index (χ1) is 10.7. The zero-order valence-corrected chi connectivity index (χ0v) is 13.1. The Bertz CT molecular complexity index is 603. The molecule has 0 aliphatic rings. The molecule has 0 fully saturated rings. The smallest absolute Gasteiger partial charge is 0.252 e. The van der Waals surface area contributed by atoms with E-state index in [1.165, 1.54) is 0 Å². The molecule has 1 amide bonds. The lowest BCUT2D eigenvalue weighted by Gasteiger charge is -2.18. The van der Waals surface area contributed by atoms with Gasteiger partial charge >= 0.3 is 0 Å². The van der Waals surface area contributed by atoms with Gasteiger partial charge in [0.25, 0.3) is 5.91 Å². The van der Waals surface area contributed by atoms with Crippen LogP contribution in [0.25, 0.3) is 0 Å². The highest BCUT2D eigenvalue weighted by Gasteiger charge is 2.15. The van der Waals surface area contributed by atoms with E-state index in [-0.39, 0.29) is 11.9 Å². The second-order valence-corrected chi connectivity index (χ2v) is 4.95. The van der Waals surface area contributed by atoms with Crippen molar-refractivity contribution >= 4 is 5.91 Å². The molecule has 1 unspecified atom stereocenters. The number of carbonyl (C=O) groups excluding carboxylic acids is 1. The van der Waals surface area contributed by atoms with Crippen molar-refractivity contribution in [2.75, 3.05) is 14.2 Å². The molecule has 2 aromatic carbocycles. The average Bonchev–Trinajstić information content (AvgIpc) is 2.59. The van der Waals surface area contributed by atoms with Crippen LogP contribution in [-0.2, 0) is 0 Å². The number of methoxy groups -OCH3 is 2. The van der Waals surface area contributed by atoms with Crippen LogP contribution in [0.15, 0.2) is 48.5 Å². The van der Waals surface area contributed by atoms with Crippen molar-refractivity contribution in [3.8, 4) is 11.5 Å². The van der Waals surface area contributed by atoms with Gasteiger partial charge in [0.2, 0.25) is 0 Å². The van der Waals surface area contributed by atoms with Gasteiger partial charge in [-0.1, -0.05) is 37.3 Å². The van der Waals surface area contributed by atoms with Crippen molar-refractivity contribution in [3.05, 3.63) is 59.7 Å². The molecule has 0 aromatic heterocycles.